The third-order valence-electron chi connectivity index (χ3n) is 5.54. The molecule has 1 aliphatic heterocycles. The van der Waals surface area contributed by atoms with Gasteiger partial charge in [-0.15, -0.1) is 0 Å². The van der Waals surface area contributed by atoms with Crippen LogP contribution in [0.3, 0.4) is 0 Å². The van der Waals surface area contributed by atoms with Crippen molar-refractivity contribution >= 4 is 34.7 Å². The van der Waals surface area contributed by atoms with Gasteiger partial charge in [0.1, 0.15) is 5.82 Å². The van der Waals surface area contributed by atoms with E-state index in [-0.39, 0.29) is 5.91 Å². The van der Waals surface area contributed by atoms with Gasteiger partial charge in [0.25, 0.3) is 5.91 Å². The Morgan fingerprint density at radius 1 is 0.906 bits per heavy atom. The molecule has 0 aliphatic carbocycles. The number of carbonyl (C=O) groups excluding carboxylic acids is 1. The molecule has 0 bridgehead atoms. The summed E-state index contributed by atoms with van der Waals surface area (Å²) in [7, 11) is 3.95. The minimum Gasteiger partial charge on any atom is -0.378 e. The van der Waals surface area contributed by atoms with Crippen LogP contribution in [-0.2, 0) is 0 Å². The van der Waals surface area contributed by atoms with Gasteiger partial charge in [-0.05, 0) is 74.7 Å². The monoisotopic (exact) mass is 430 g/mol. The fraction of sp³-hybridized carbons (Fsp3) is 0.320. The van der Waals surface area contributed by atoms with Crippen molar-refractivity contribution in [1.29, 1.82) is 0 Å². The van der Waals surface area contributed by atoms with Gasteiger partial charge in [0.15, 0.2) is 0 Å². The Balaban J connectivity index is 1.40. The van der Waals surface area contributed by atoms with E-state index in [9.17, 15) is 4.79 Å². The van der Waals surface area contributed by atoms with Crippen molar-refractivity contribution in [3.8, 4) is 0 Å². The normalized spacial score (nSPS) is 13.5. The maximum atomic E-state index is 12.5. The van der Waals surface area contributed by atoms with Gasteiger partial charge in [0.2, 0.25) is 5.95 Å². The Kier molecular flexibility index (Phi) is 6.54. The molecule has 7 nitrogen and oxygen atoms in total. The van der Waals surface area contributed by atoms with E-state index in [1.165, 1.54) is 19.3 Å². The Hall–Kier alpha value is -3.61. The maximum absolute atomic E-state index is 12.5. The first-order chi connectivity index (χ1) is 15.5. The average Bonchev–Trinajstić information content (AvgIpc) is 2.80. The Morgan fingerprint density at radius 3 is 2.22 bits per heavy atom. The number of hydrogen-bond acceptors (Lipinski definition) is 6. The van der Waals surface area contributed by atoms with Gasteiger partial charge in [-0.3, -0.25) is 4.79 Å². The number of nitrogens with zero attached hydrogens (tertiary/aromatic N) is 4. The van der Waals surface area contributed by atoms with Crippen LogP contribution in [0.5, 0.6) is 0 Å². The number of aryl methyl sites for hydroxylation is 1. The van der Waals surface area contributed by atoms with Crippen LogP contribution < -0.4 is 20.4 Å². The van der Waals surface area contributed by atoms with Crippen molar-refractivity contribution < 1.29 is 4.79 Å². The lowest BCUT2D eigenvalue weighted by Crippen LogP contribution is -2.31. The topological polar surface area (TPSA) is 73.4 Å². The van der Waals surface area contributed by atoms with E-state index in [0.29, 0.717) is 5.56 Å². The summed E-state index contributed by atoms with van der Waals surface area (Å²) in [6.07, 6.45) is 3.65. The highest BCUT2D eigenvalue weighted by atomic mass is 16.1. The summed E-state index contributed by atoms with van der Waals surface area (Å²) in [5, 5.41) is 6.30. The van der Waals surface area contributed by atoms with E-state index >= 15 is 0 Å². The predicted octanol–water partition coefficient (Wildman–Crippen LogP) is 4.84. The molecular weight excluding hydrogens is 400 g/mol. The van der Waals surface area contributed by atoms with Crippen molar-refractivity contribution in [2.75, 3.05) is 47.6 Å². The molecule has 0 radical (unpaired) electrons. The number of rotatable bonds is 6. The van der Waals surface area contributed by atoms with E-state index in [0.717, 1.165) is 47.6 Å². The average molecular weight is 431 g/mol. The van der Waals surface area contributed by atoms with Crippen LogP contribution in [0.25, 0.3) is 0 Å². The third-order valence-corrected chi connectivity index (χ3v) is 5.54. The summed E-state index contributed by atoms with van der Waals surface area (Å²) >= 11 is 0. The second kappa shape index (κ2) is 9.68. The molecule has 1 aliphatic rings. The predicted molar refractivity (Wildman–Crippen MR) is 131 cm³/mol. The minimum absolute atomic E-state index is 0.131. The van der Waals surface area contributed by atoms with Crippen LogP contribution in [0, 0.1) is 6.92 Å². The SMILES string of the molecule is Cc1cc(Nc2ccc(NC(=O)c3ccc(N(C)C)cc3)cc2)nc(N2CCCCC2)n1. The largest absolute Gasteiger partial charge is 0.378 e. The van der Waals surface area contributed by atoms with Crippen LogP contribution in [0.2, 0.25) is 0 Å². The van der Waals surface area contributed by atoms with Crippen molar-refractivity contribution in [3.63, 3.8) is 0 Å². The molecule has 2 N–H and O–H groups in total. The highest BCUT2D eigenvalue weighted by Crippen LogP contribution is 2.22. The zero-order chi connectivity index (χ0) is 22.5. The van der Waals surface area contributed by atoms with Crippen molar-refractivity contribution in [2.24, 2.45) is 0 Å². The number of aromatic nitrogens is 2. The number of benzene rings is 2. The summed E-state index contributed by atoms with van der Waals surface area (Å²) in [6, 6.07) is 17.1. The molecule has 32 heavy (non-hydrogen) atoms. The van der Waals surface area contributed by atoms with Crippen molar-refractivity contribution in [3.05, 3.63) is 65.9 Å². The first kappa shape index (κ1) is 21.6. The van der Waals surface area contributed by atoms with E-state index in [1.54, 1.807) is 0 Å². The molecule has 7 heteroatoms. The van der Waals surface area contributed by atoms with Crippen LogP contribution in [0.4, 0.5) is 28.8 Å². The third kappa shape index (κ3) is 5.35. The smallest absolute Gasteiger partial charge is 0.255 e. The molecule has 166 valence electrons. The van der Waals surface area contributed by atoms with Crippen LogP contribution in [0.1, 0.15) is 35.3 Å². The van der Waals surface area contributed by atoms with Gasteiger partial charge in [-0.2, -0.15) is 4.98 Å². The summed E-state index contributed by atoms with van der Waals surface area (Å²) < 4.78 is 0. The lowest BCUT2D eigenvalue weighted by molar-refractivity contribution is 0.102. The molecule has 2 aromatic carbocycles. The zero-order valence-electron chi connectivity index (χ0n) is 18.9. The molecule has 3 aromatic rings. The fourth-order valence-electron chi connectivity index (χ4n) is 3.75. The highest BCUT2D eigenvalue weighted by molar-refractivity contribution is 6.04. The molecule has 0 spiro atoms. The summed E-state index contributed by atoms with van der Waals surface area (Å²) in [6.45, 7) is 4.01. The van der Waals surface area contributed by atoms with E-state index in [4.69, 9.17) is 4.98 Å². The van der Waals surface area contributed by atoms with Gasteiger partial charge < -0.3 is 20.4 Å². The van der Waals surface area contributed by atoms with Crippen LogP contribution in [0.15, 0.2) is 54.6 Å². The first-order valence-electron chi connectivity index (χ1n) is 11.0. The Labute approximate surface area is 189 Å². The van der Waals surface area contributed by atoms with E-state index < -0.39 is 0 Å². The highest BCUT2D eigenvalue weighted by Gasteiger charge is 2.15. The standard InChI is InChI=1S/C25H30N6O/c1-18-17-23(29-25(26-18)31-15-5-4-6-16-31)27-20-9-11-21(12-10-20)28-24(32)19-7-13-22(14-8-19)30(2)3/h7-14,17H,4-6,15-16H2,1-3H3,(H,28,32)(H,26,27,29). The number of carbonyl (C=O) groups is 1. The Morgan fingerprint density at radius 2 is 1.56 bits per heavy atom. The lowest BCUT2D eigenvalue weighted by atomic mass is 10.1. The zero-order valence-corrected chi connectivity index (χ0v) is 18.9. The van der Waals surface area contributed by atoms with E-state index in [2.05, 4.69) is 20.5 Å². The summed E-state index contributed by atoms with van der Waals surface area (Å²) in [5.41, 5.74) is 4.26. The number of nitrogens with one attached hydrogen (secondary N) is 2. The molecule has 1 saturated heterocycles. The molecule has 0 unspecified atom stereocenters. The van der Waals surface area contributed by atoms with Gasteiger partial charge in [-0.25, -0.2) is 4.98 Å². The first-order valence-corrected chi connectivity index (χ1v) is 11.0. The number of anilines is 5. The molecule has 1 fully saturated rings. The molecule has 1 amide bonds. The van der Waals surface area contributed by atoms with Crippen molar-refractivity contribution in [1.82, 2.24) is 9.97 Å². The van der Waals surface area contributed by atoms with Gasteiger partial charge in [0.05, 0.1) is 0 Å². The molecular formula is C25H30N6O. The maximum Gasteiger partial charge on any atom is 0.255 e. The lowest BCUT2D eigenvalue weighted by Gasteiger charge is -2.27. The molecule has 0 atom stereocenters. The van der Waals surface area contributed by atoms with Gasteiger partial charge in [-0.1, -0.05) is 0 Å². The van der Waals surface area contributed by atoms with Gasteiger partial charge in [0, 0.05) is 61.6 Å². The fourth-order valence-corrected chi connectivity index (χ4v) is 3.75. The molecule has 2 heterocycles. The second-order valence-electron chi connectivity index (χ2n) is 8.34. The molecule has 1 aromatic heterocycles. The summed E-state index contributed by atoms with van der Waals surface area (Å²) in [4.78, 5) is 26.1. The number of piperidine rings is 1. The van der Waals surface area contributed by atoms with Crippen LogP contribution in [-0.4, -0.2) is 43.1 Å². The second-order valence-corrected chi connectivity index (χ2v) is 8.34. The van der Waals surface area contributed by atoms with Crippen molar-refractivity contribution in [2.45, 2.75) is 26.2 Å². The van der Waals surface area contributed by atoms with Gasteiger partial charge >= 0.3 is 0 Å². The number of hydrogen-bond donors (Lipinski definition) is 2. The van der Waals surface area contributed by atoms with E-state index in [1.807, 2.05) is 80.5 Å². The number of amides is 1. The summed E-state index contributed by atoms with van der Waals surface area (Å²) in [5.74, 6) is 1.43. The van der Waals surface area contributed by atoms with Crippen LogP contribution >= 0.6 is 0 Å². The molecule has 0 saturated carbocycles. The minimum atomic E-state index is -0.131. The Bertz CT molecular complexity index is 1060. The molecule has 4 rings (SSSR count). The quantitative estimate of drug-likeness (QED) is 0.583.